The Morgan fingerprint density at radius 2 is 1.79 bits per heavy atom. The van der Waals surface area contributed by atoms with Crippen molar-refractivity contribution in [1.82, 2.24) is 9.88 Å². The number of anilines is 1. The zero-order valence-electron chi connectivity index (χ0n) is 18.3. The number of nitrogens with one attached hydrogen (secondary N) is 2. The molecular weight excluding hydrogens is 439 g/mol. The molecule has 3 aromatic rings. The minimum atomic E-state index is -0.464. The normalized spacial score (nSPS) is 13.6. The summed E-state index contributed by atoms with van der Waals surface area (Å²) >= 11 is 5.84. The number of carbonyl (C=O) groups is 1. The fourth-order valence-electron chi connectivity index (χ4n) is 4.02. The van der Waals surface area contributed by atoms with Crippen LogP contribution in [0.4, 0.5) is 10.2 Å². The molecule has 0 radical (unpaired) electrons. The van der Waals surface area contributed by atoms with Gasteiger partial charge in [0.25, 0.3) is 5.91 Å². The summed E-state index contributed by atoms with van der Waals surface area (Å²) in [5.41, 5.74) is 3.06. The van der Waals surface area contributed by atoms with Gasteiger partial charge < -0.3 is 10.2 Å². The Balaban J connectivity index is 1.42. The number of aryl methyl sites for hydroxylation is 2. The maximum Gasteiger partial charge on any atom is 0.257 e. The van der Waals surface area contributed by atoms with Gasteiger partial charge in [-0.15, -0.1) is 0 Å². The Kier molecular flexibility index (Phi) is 7.35. The Hall–Kier alpha value is -3.25. The molecule has 7 heteroatoms. The number of benzene rings is 2. The van der Waals surface area contributed by atoms with E-state index in [0.717, 1.165) is 42.6 Å². The van der Waals surface area contributed by atoms with E-state index in [-0.39, 0.29) is 5.56 Å². The summed E-state index contributed by atoms with van der Waals surface area (Å²) in [5, 5.41) is 11.6. The van der Waals surface area contributed by atoms with Gasteiger partial charge in [0.1, 0.15) is 17.5 Å². The number of rotatable bonds is 6. The number of amides is 1. The van der Waals surface area contributed by atoms with Gasteiger partial charge in [0.05, 0.1) is 5.02 Å². The first-order valence-electron chi connectivity index (χ1n) is 11.1. The number of aromatic nitrogens is 1. The van der Waals surface area contributed by atoms with Gasteiger partial charge in [-0.2, -0.15) is 0 Å². The van der Waals surface area contributed by atoms with Gasteiger partial charge in [0.2, 0.25) is 0 Å². The first kappa shape index (κ1) is 22.9. The Morgan fingerprint density at radius 1 is 1.03 bits per heavy atom. The lowest BCUT2D eigenvalue weighted by Gasteiger charge is -2.29. The molecule has 1 fully saturated rings. The van der Waals surface area contributed by atoms with Gasteiger partial charge in [-0.1, -0.05) is 41.9 Å². The monoisotopic (exact) mass is 464 g/mol. The molecule has 0 unspecified atom stereocenters. The van der Waals surface area contributed by atoms with E-state index in [1.807, 2.05) is 24.3 Å². The molecule has 0 atom stereocenters. The highest BCUT2D eigenvalue weighted by molar-refractivity contribution is 6.30. The molecule has 1 aliphatic heterocycles. The lowest BCUT2D eigenvalue weighted by atomic mass is 9.98. The Morgan fingerprint density at radius 3 is 2.48 bits per heavy atom. The van der Waals surface area contributed by atoms with E-state index >= 15 is 0 Å². The molecule has 1 saturated heterocycles. The predicted octanol–water partition coefficient (Wildman–Crippen LogP) is 5.72. The zero-order chi connectivity index (χ0) is 23.2. The second-order valence-corrected chi connectivity index (χ2v) is 8.65. The summed E-state index contributed by atoms with van der Waals surface area (Å²) < 4.78 is 13.9. The van der Waals surface area contributed by atoms with Crippen molar-refractivity contribution in [3.05, 3.63) is 93.9 Å². The number of piperidine rings is 1. The molecule has 1 amide bonds. The molecule has 2 aromatic carbocycles. The molecule has 170 valence electrons. The maximum atomic E-state index is 13.9. The van der Waals surface area contributed by atoms with Crippen molar-refractivity contribution >= 4 is 29.2 Å². The number of hydrogen-bond donors (Lipinski definition) is 2. The second kappa shape index (κ2) is 10.6. The van der Waals surface area contributed by atoms with Crippen LogP contribution in [0.15, 0.2) is 60.8 Å². The number of amidine groups is 1. The topological polar surface area (TPSA) is 69.1 Å². The van der Waals surface area contributed by atoms with Gasteiger partial charge in [-0.3, -0.25) is 10.2 Å². The smallest absolute Gasteiger partial charge is 0.257 e. The van der Waals surface area contributed by atoms with Crippen LogP contribution in [-0.4, -0.2) is 34.7 Å². The summed E-state index contributed by atoms with van der Waals surface area (Å²) in [7, 11) is 0. The minimum absolute atomic E-state index is 0.287. The van der Waals surface area contributed by atoms with Crippen molar-refractivity contribution in [2.75, 3.05) is 18.4 Å². The van der Waals surface area contributed by atoms with Crippen LogP contribution >= 0.6 is 11.6 Å². The van der Waals surface area contributed by atoms with Crippen molar-refractivity contribution in [2.24, 2.45) is 0 Å². The van der Waals surface area contributed by atoms with Gasteiger partial charge in [-0.05, 0) is 67.5 Å². The molecule has 2 heterocycles. The van der Waals surface area contributed by atoms with Crippen molar-refractivity contribution in [3.8, 4) is 0 Å². The molecule has 1 aromatic heterocycles. The van der Waals surface area contributed by atoms with Crippen LogP contribution in [0.25, 0.3) is 0 Å². The first-order chi connectivity index (χ1) is 16.0. The third kappa shape index (κ3) is 5.96. The van der Waals surface area contributed by atoms with Crippen LogP contribution in [0.2, 0.25) is 5.02 Å². The number of halogens is 2. The average molecular weight is 465 g/mol. The molecule has 2 N–H and O–H groups in total. The van der Waals surface area contributed by atoms with E-state index in [1.54, 1.807) is 18.2 Å². The fourth-order valence-corrected chi connectivity index (χ4v) is 4.13. The predicted molar refractivity (Wildman–Crippen MR) is 130 cm³/mol. The second-order valence-electron chi connectivity index (χ2n) is 8.21. The van der Waals surface area contributed by atoms with Gasteiger partial charge in [0.15, 0.2) is 0 Å². The quantitative estimate of drug-likeness (QED) is 0.362. The number of nitrogens with zero attached hydrogens (tertiary/aromatic N) is 2. The molecule has 4 rings (SSSR count). The van der Waals surface area contributed by atoms with E-state index in [9.17, 15) is 9.18 Å². The van der Waals surface area contributed by atoms with E-state index in [0.29, 0.717) is 29.5 Å². The number of carbonyl (C=O) groups excluding carboxylic acids is 1. The number of likely N-dealkylation sites (tertiary alicyclic amines) is 1. The highest BCUT2D eigenvalue weighted by Crippen LogP contribution is 2.19. The molecule has 1 aliphatic rings. The van der Waals surface area contributed by atoms with Crippen LogP contribution in [0.5, 0.6) is 0 Å². The molecule has 5 nitrogen and oxygen atoms in total. The van der Waals surface area contributed by atoms with Crippen molar-refractivity contribution < 1.29 is 9.18 Å². The summed E-state index contributed by atoms with van der Waals surface area (Å²) in [6.45, 7) is 1.89. The molecule has 0 spiro atoms. The molecule has 0 saturated carbocycles. The number of pyridine rings is 1. The molecule has 0 bridgehead atoms. The molecule has 0 aliphatic carbocycles. The van der Waals surface area contributed by atoms with E-state index in [2.05, 4.69) is 15.2 Å². The molecular formula is C26H26ClFN4O. The highest BCUT2D eigenvalue weighted by atomic mass is 35.5. The van der Waals surface area contributed by atoms with Crippen LogP contribution < -0.4 is 5.32 Å². The third-order valence-corrected chi connectivity index (χ3v) is 6.09. The summed E-state index contributed by atoms with van der Waals surface area (Å²) in [6, 6.07) is 15.5. The number of hydrogen-bond acceptors (Lipinski definition) is 3. The van der Waals surface area contributed by atoms with Crippen LogP contribution in [0, 0.1) is 11.2 Å². The van der Waals surface area contributed by atoms with Crippen molar-refractivity contribution in [1.29, 1.82) is 5.41 Å². The maximum absolute atomic E-state index is 13.9. The van der Waals surface area contributed by atoms with E-state index in [4.69, 9.17) is 17.0 Å². The lowest BCUT2D eigenvalue weighted by Crippen LogP contribution is -2.35. The van der Waals surface area contributed by atoms with Gasteiger partial charge >= 0.3 is 0 Å². The third-order valence-electron chi connectivity index (χ3n) is 5.87. The fraction of sp³-hybridized carbons (Fsp3) is 0.269. The van der Waals surface area contributed by atoms with E-state index < -0.39 is 11.7 Å². The van der Waals surface area contributed by atoms with Crippen LogP contribution in [0.3, 0.4) is 0 Å². The summed E-state index contributed by atoms with van der Waals surface area (Å²) in [4.78, 5) is 19.0. The van der Waals surface area contributed by atoms with Gasteiger partial charge in [-0.25, -0.2) is 9.37 Å². The van der Waals surface area contributed by atoms with Crippen LogP contribution in [0.1, 0.15) is 46.3 Å². The summed E-state index contributed by atoms with van der Waals surface area (Å²) in [6.07, 6.45) is 6.24. The molecule has 33 heavy (non-hydrogen) atoms. The van der Waals surface area contributed by atoms with Crippen molar-refractivity contribution in [2.45, 2.75) is 32.1 Å². The SMILES string of the molecule is N=C(c1ccc(CCc2ccc(F)cc2C(=O)Nc2ccc(Cl)cn2)cc1)N1CCCCC1. The Labute approximate surface area is 198 Å². The summed E-state index contributed by atoms with van der Waals surface area (Å²) in [5.74, 6) is 0.0547. The first-order valence-corrected chi connectivity index (χ1v) is 11.5. The minimum Gasteiger partial charge on any atom is -0.357 e. The standard InChI is InChI=1S/C26H26ClFN4O/c27-21-11-13-24(30-17-21)31-26(33)23-16-22(28)12-10-19(23)7-4-18-5-8-20(9-6-18)25(29)32-14-2-1-3-15-32/h5-6,8-13,16-17,29H,1-4,7,14-15H2,(H,30,31,33). The van der Waals surface area contributed by atoms with Gasteiger partial charge in [0, 0.05) is 30.4 Å². The highest BCUT2D eigenvalue weighted by Gasteiger charge is 2.16. The largest absolute Gasteiger partial charge is 0.357 e. The lowest BCUT2D eigenvalue weighted by molar-refractivity contribution is 0.102. The zero-order valence-corrected chi connectivity index (χ0v) is 19.0. The van der Waals surface area contributed by atoms with Crippen LogP contribution in [-0.2, 0) is 12.8 Å². The average Bonchev–Trinajstić information content (AvgIpc) is 2.85. The van der Waals surface area contributed by atoms with E-state index in [1.165, 1.54) is 24.8 Å². The van der Waals surface area contributed by atoms with Crippen molar-refractivity contribution in [3.63, 3.8) is 0 Å². The Bertz CT molecular complexity index is 1130.